The van der Waals surface area contributed by atoms with Crippen molar-refractivity contribution in [1.82, 2.24) is 15.4 Å². The molecule has 11 nitrogen and oxygen atoms in total. The summed E-state index contributed by atoms with van der Waals surface area (Å²) in [5.41, 5.74) is 5.30. The van der Waals surface area contributed by atoms with Gasteiger partial charge in [0, 0.05) is 24.3 Å². The number of carbonyl (C=O) groups excluding carboxylic acids is 1. The Morgan fingerprint density at radius 1 is 1.07 bits per heavy atom. The minimum absolute atomic E-state index is 0.0398. The van der Waals surface area contributed by atoms with Crippen molar-refractivity contribution in [2.45, 2.75) is 71.4 Å². The van der Waals surface area contributed by atoms with E-state index in [0.29, 0.717) is 12.0 Å². The maximum Gasteiger partial charge on any atom is 0.407 e. The van der Waals surface area contributed by atoms with Gasteiger partial charge < -0.3 is 25.2 Å². The summed E-state index contributed by atoms with van der Waals surface area (Å²) >= 11 is 0. The number of benzene rings is 2. The number of rotatable bonds is 10. The number of hydrogen-bond donors (Lipinski definition) is 5. The molecule has 1 saturated heterocycles. The van der Waals surface area contributed by atoms with Gasteiger partial charge in [-0.1, -0.05) is 55.5 Å². The van der Waals surface area contributed by atoms with E-state index >= 15 is 0 Å². The first-order valence-electron chi connectivity index (χ1n) is 15.5. The van der Waals surface area contributed by atoms with Crippen molar-refractivity contribution in [3.05, 3.63) is 81.5 Å². The number of guanidine groups is 1. The summed E-state index contributed by atoms with van der Waals surface area (Å²) in [7, 11) is -4.04. The van der Waals surface area contributed by atoms with E-state index in [1.54, 1.807) is 6.92 Å². The molecule has 0 bridgehead atoms. The van der Waals surface area contributed by atoms with Crippen LogP contribution < -0.4 is 15.4 Å². The molecule has 3 atom stereocenters. The lowest BCUT2D eigenvalue weighted by Gasteiger charge is -2.30. The molecule has 1 aliphatic heterocycles. The number of sulfonamides is 1. The Labute approximate surface area is 270 Å². The van der Waals surface area contributed by atoms with Gasteiger partial charge in [0.15, 0.2) is 0 Å². The number of amides is 1. The normalized spacial score (nSPS) is 20.6. The van der Waals surface area contributed by atoms with Crippen molar-refractivity contribution < 1.29 is 32.6 Å². The fraction of sp³-hybridized carbons (Fsp3) is 0.441. The van der Waals surface area contributed by atoms with Crippen molar-refractivity contribution in [1.29, 1.82) is 5.41 Å². The number of ether oxygens (including phenoxy) is 2. The second-order valence-electron chi connectivity index (χ2n) is 12.8. The van der Waals surface area contributed by atoms with Gasteiger partial charge in [-0.3, -0.25) is 5.41 Å². The second kappa shape index (κ2) is 12.8. The fourth-order valence-corrected chi connectivity index (χ4v) is 8.58. The van der Waals surface area contributed by atoms with Crippen LogP contribution in [0.25, 0.3) is 11.1 Å². The molecule has 2 aromatic carbocycles. The number of carbonyl (C=O) groups is 2. The summed E-state index contributed by atoms with van der Waals surface area (Å²) < 4.78 is 40.8. The minimum atomic E-state index is -4.04. The average Bonchev–Trinajstić information content (AvgIpc) is 3.50. The number of fused-ring (bicyclic) bond motifs is 4. The third-order valence-electron chi connectivity index (χ3n) is 9.18. The number of aliphatic carboxylic acids is 1. The Balaban J connectivity index is 1.10. The van der Waals surface area contributed by atoms with Crippen molar-refractivity contribution >= 4 is 28.0 Å². The van der Waals surface area contributed by atoms with Crippen molar-refractivity contribution in [2.75, 3.05) is 13.2 Å². The lowest BCUT2D eigenvalue weighted by atomic mass is 9.79. The fourth-order valence-electron chi connectivity index (χ4n) is 6.92. The Bertz CT molecular complexity index is 1680. The first kappa shape index (κ1) is 33.1. The number of alkyl carbamates (subject to hydrolysis) is 1. The van der Waals surface area contributed by atoms with Gasteiger partial charge in [0.25, 0.3) is 10.0 Å². The van der Waals surface area contributed by atoms with Gasteiger partial charge in [-0.15, -0.1) is 0 Å². The lowest BCUT2D eigenvalue weighted by molar-refractivity contribution is -0.139. The molecule has 2 aromatic rings. The van der Waals surface area contributed by atoms with Crippen LogP contribution in [0.2, 0.25) is 0 Å². The Morgan fingerprint density at radius 2 is 1.67 bits per heavy atom. The van der Waals surface area contributed by atoms with Crippen LogP contribution >= 0.6 is 0 Å². The number of allylic oxidation sites excluding steroid dienone is 4. The van der Waals surface area contributed by atoms with E-state index in [1.807, 2.05) is 76.2 Å². The minimum Gasteiger partial charge on any atom is -0.492 e. The van der Waals surface area contributed by atoms with E-state index in [0.717, 1.165) is 33.6 Å². The largest absolute Gasteiger partial charge is 0.492 e. The first-order valence-corrected chi connectivity index (χ1v) is 17.0. The molecule has 12 heteroatoms. The van der Waals surface area contributed by atoms with Crippen LogP contribution in [0.15, 0.2) is 70.3 Å². The molecule has 46 heavy (non-hydrogen) atoms. The summed E-state index contributed by atoms with van der Waals surface area (Å²) in [5, 5.41) is 23.0. The molecule has 0 radical (unpaired) electrons. The van der Waals surface area contributed by atoms with Gasteiger partial charge in [0.05, 0.1) is 4.91 Å². The van der Waals surface area contributed by atoms with Crippen LogP contribution in [0.1, 0.15) is 70.9 Å². The third kappa shape index (κ3) is 6.62. The quantitative estimate of drug-likeness (QED) is 0.133. The molecular weight excluding hydrogens is 608 g/mol. The van der Waals surface area contributed by atoms with Gasteiger partial charge in [-0.2, -0.15) is 0 Å². The average molecular weight is 651 g/mol. The third-order valence-corrected chi connectivity index (χ3v) is 10.9. The van der Waals surface area contributed by atoms with E-state index in [1.165, 1.54) is 0 Å². The van der Waals surface area contributed by atoms with Crippen LogP contribution in [0.3, 0.4) is 0 Å². The summed E-state index contributed by atoms with van der Waals surface area (Å²) in [5.74, 6) is -1.35. The molecule has 1 fully saturated rings. The maximum atomic E-state index is 13.4. The molecule has 2 aliphatic carbocycles. The van der Waals surface area contributed by atoms with Gasteiger partial charge in [0.2, 0.25) is 5.96 Å². The van der Waals surface area contributed by atoms with Crippen molar-refractivity contribution in [3.8, 4) is 11.1 Å². The van der Waals surface area contributed by atoms with Crippen LogP contribution in [0.4, 0.5) is 4.79 Å². The molecule has 0 saturated carbocycles. The number of carboxylic acids is 1. The standard InChI is InChI=1S/C34H42N4O7S/c1-19-20(2)30(21(3)26-17-34(4,5)45-29(19)26)46(42,43)38-32(35)36-16-10-15-28(31(39)40)37-33(41)44-18-27-24-13-8-6-11-22(24)23-12-7-9-14-25(23)27/h6-9,11-14,21,26-28H,10,15-18H2,1-5H3,(H,37,41)(H,39,40)(H3,35,36,38)/t21?,26?,28-/m0/s1. The highest BCUT2D eigenvalue weighted by atomic mass is 32.2. The molecule has 0 aromatic heterocycles. The number of nitrogens with one attached hydrogen (secondary N) is 4. The highest BCUT2D eigenvalue weighted by Gasteiger charge is 2.47. The van der Waals surface area contributed by atoms with Crippen LogP contribution in [0.5, 0.6) is 0 Å². The highest BCUT2D eigenvalue weighted by Crippen LogP contribution is 2.50. The summed E-state index contributed by atoms with van der Waals surface area (Å²) in [6.45, 7) is 9.63. The molecule has 5 N–H and O–H groups in total. The lowest BCUT2D eigenvalue weighted by Crippen LogP contribution is -2.44. The summed E-state index contributed by atoms with van der Waals surface area (Å²) in [4.78, 5) is 24.7. The van der Waals surface area contributed by atoms with E-state index in [-0.39, 0.29) is 54.3 Å². The number of carboxylic acid groups (broad SMARTS) is 1. The van der Waals surface area contributed by atoms with Gasteiger partial charge >= 0.3 is 12.1 Å². The van der Waals surface area contributed by atoms with Crippen molar-refractivity contribution in [2.24, 2.45) is 11.8 Å². The monoisotopic (exact) mass is 650 g/mol. The Kier molecular flexibility index (Phi) is 9.21. The molecule has 1 heterocycles. The van der Waals surface area contributed by atoms with Crippen molar-refractivity contribution in [3.63, 3.8) is 0 Å². The van der Waals surface area contributed by atoms with E-state index < -0.39 is 34.1 Å². The van der Waals surface area contributed by atoms with Crippen LogP contribution in [-0.4, -0.2) is 56.3 Å². The first-order chi connectivity index (χ1) is 21.7. The Hall–Kier alpha value is -4.32. The molecular formula is C34H42N4O7S. The van der Waals surface area contributed by atoms with E-state index in [4.69, 9.17) is 14.9 Å². The summed E-state index contributed by atoms with van der Waals surface area (Å²) in [6, 6.07) is 14.6. The van der Waals surface area contributed by atoms with Gasteiger partial charge in [-0.25, -0.2) is 22.7 Å². The van der Waals surface area contributed by atoms with Crippen LogP contribution in [-0.2, 0) is 24.3 Å². The molecule has 246 valence electrons. The topological polar surface area (TPSA) is 167 Å². The maximum absolute atomic E-state index is 13.4. The molecule has 1 amide bonds. The van der Waals surface area contributed by atoms with E-state index in [2.05, 4.69) is 15.4 Å². The summed E-state index contributed by atoms with van der Waals surface area (Å²) in [6.07, 6.45) is 0.134. The predicted molar refractivity (Wildman–Crippen MR) is 174 cm³/mol. The molecule has 5 rings (SSSR count). The van der Waals surface area contributed by atoms with Gasteiger partial charge in [-0.05, 0) is 80.4 Å². The smallest absolute Gasteiger partial charge is 0.407 e. The SMILES string of the molecule is CC1=C2OC(C)(C)CC2C(C)C(S(=O)(=O)NC(=N)NCCC[C@H](NC(=O)OCC2c3ccccc3-c3ccccc32)C(=O)O)=C1C. The Morgan fingerprint density at radius 3 is 2.28 bits per heavy atom. The highest BCUT2D eigenvalue weighted by molar-refractivity contribution is 7.94. The second-order valence-corrected chi connectivity index (χ2v) is 14.5. The van der Waals surface area contributed by atoms with Gasteiger partial charge in [0.1, 0.15) is 24.0 Å². The molecule has 2 unspecified atom stereocenters. The zero-order valence-electron chi connectivity index (χ0n) is 26.8. The molecule has 3 aliphatic rings. The zero-order valence-corrected chi connectivity index (χ0v) is 27.6. The molecule has 0 spiro atoms. The van der Waals surface area contributed by atoms with Crippen LogP contribution in [0, 0.1) is 17.2 Å². The predicted octanol–water partition coefficient (Wildman–Crippen LogP) is 5.22. The zero-order chi connectivity index (χ0) is 33.4. The number of hydrogen-bond acceptors (Lipinski definition) is 7. The van der Waals surface area contributed by atoms with E-state index in [9.17, 15) is 23.1 Å².